The predicted octanol–water partition coefficient (Wildman–Crippen LogP) is 5.57. The van der Waals surface area contributed by atoms with Crippen molar-refractivity contribution in [2.24, 2.45) is 0 Å². The van der Waals surface area contributed by atoms with Crippen LogP contribution in [0.5, 0.6) is 0 Å². The van der Waals surface area contributed by atoms with E-state index in [1.807, 2.05) is 0 Å². The van der Waals surface area contributed by atoms with Crippen LogP contribution in [0.25, 0.3) is 0 Å². The molecule has 0 saturated heterocycles. The van der Waals surface area contributed by atoms with Crippen LogP contribution in [0.1, 0.15) is 18.9 Å². The number of hydrogen-bond acceptors (Lipinski definition) is 4. The van der Waals surface area contributed by atoms with E-state index in [4.69, 9.17) is 34.8 Å². The van der Waals surface area contributed by atoms with Crippen LogP contribution in [-0.2, 0) is 3.79 Å². The highest BCUT2D eigenvalue weighted by Gasteiger charge is 2.28. The molecule has 1 rings (SSSR count). The predicted molar refractivity (Wildman–Crippen MR) is 80.9 cm³/mol. The highest BCUT2D eigenvalue weighted by Crippen LogP contribution is 2.46. The summed E-state index contributed by atoms with van der Waals surface area (Å²) < 4.78 is -1.67. The first-order valence-electron chi connectivity index (χ1n) is 5.01. The topological polar surface area (TPSA) is 43.1 Å². The van der Waals surface area contributed by atoms with Crippen molar-refractivity contribution in [2.45, 2.75) is 22.0 Å². The minimum Gasteiger partial charge on any atom is -0.258 e. The summed E-state index contributed by atoms with van der Waals surface area (Å²) in [6.07, 6.45) is 1.04. The SMILES string of the molecule is CCCSSc1ccc([N+](=O)[O-])cc1C(Cl)(Cl)Cl. The fraction of sp³-hybridized carbons (Fsp3) is 0.400. The molecule has 0 fully saturated rings. The number of halogens is 3. The molecule has 0 spiro atoms. The van der Waals surface area contributed by atoms with Crippen molar-refractivity contribution in [2.75, 3.05) is 5.75 Å². The normalized spacial score (nSPS) is 11.6. The molecule has 3 nitrogen and oxygen atoms in total. The van der Waals surface area contributed by atoms with E-state index in [0.29, 0.717) is 5.56 Å². The van der Waals surface area contributed by atoms with Crippen LogP contribution < -0.4 is 0 Å². The second-order valence-electron chi connectivity index (χ2n) is 3.34. The molecule has 0 amide bonds. The lowest BCUT2D eigenvalue weighted by atomic mass is 10.2. The Kier molecular flexibility index (Phi) is 6.41. The van der Waals surface area contributed by atoms with Gasteiger partial charge in [0.15, 0.2) is 0 Å². The smallest absolute Gasteiger partial charge is 0.258 e. The van der Waals surface area contributed by atoms with Gasteiger partial charge >= 0.3 is 0 Å². The maximum absolute atomic E-state index is 10.7. The molecule has 0 aliphatic rings. The van der Waals surface area contributed by atoms with Gasteiger partial charge < -0.3 is 0 Å². The van der Waals surface area contributed by atoms with Gasteiger partial charge in [-0.05, 0) is 12.5 Å². The molecular formula is C10H10Cl3NO2S2. The molecule has 0 N–H and O–H groups in total. The van der Waals surface area contributed by atoms with Crippen molar-refractivity contribution in [3.63, 3.8) is 0 Å². The van der Waals surface area contributed by atoms with Crippen LogP contribution in [0.3, 0.4) is 0 Å². The number of nitro benzene ring substituents is 1. The monoisotopic (exact) mass is 345 g/mol. The molecule has 100 valence electrons. The zero-order valence-electron chi connectivity index (χ0n) is 9.36. The minimum atomic E-state index is -1.67. The van der Waals surface area contributed by atoms with Crippen molar-refractivity contribution in [3.05, 3.63) is 33.9 Å². The van der Waals surface area contributed by atoms with Crippen molar-refractivity contribution < 1.29 is 4.92 Å². The van der Waals surface area contributed by atoms with Gasteiger partial charge in [-0.25, -0.2) is 0 Å². The second-order valence-corrected chi connectivity index (χ2v) is 8.08. The van der Waals surface area contributed by atoms with Crippen LogP contribution in [-0.4, -0.2) is 10.7 Å². The van der Waals surface area contributed by atoms with Gasteiger partial charge in [-0.1, -0.05) is 63.3 Å². The summed E-state index contributed by atoms with van der Waals surface area (Å²) in [7, 11) is 3.08. The summed E-state index contributed by atoms with van der Waals surface area (Å²) in [6, 6.07) is 4.33. The zero-order valence-corrected chi connectivity index (χ0v) is 13.3. The van der Waals surface area contributed by atoms with Crippen LogP contribution >= 0.6 is 56.4 Å². The van der Waals surface area contributed by atoms with Crippen LogP contribution in [0, 0.1) is 10.1 Å². The molecule has 0 radical (unpaired) electrons. The van der Waals surface area contributed by atoms with Gasteiger partial charge in [-0.2, -0.15) is 0 Å². The average molecular weight is 347 g/mol. The van der Waals surface area contributed by atoms with Gasteiger partial charge in [0, 0.05) is 28.3 Å². The van der Waals surface area contributed by atoms with E-state index in [1.54, 1.807) is 16.9 Å². The Morgan fingerprint density at radius 3 is 2.56 bits per heavy atom. The number of nitrogens with zero attached hydrogens (tertiary/aromatic N) is 1. The molecule has 0 aromatic heterocycles. The molecule has 1 aromatic carbocycles. The van der Waals surface area contributed by atoms with Crippen molar-refractivity contribution >= 4 is 62.1 Å². The van der Waals surface area contributed by atoms with E-state index in [2.05, 4.69) is 6.92 Å². The van der Waals surface area contributed by atoms with Gasteiger partial charge in [0.1, 0.15) is 0 Å². The van der Waals surface area contributed by atoms with E-state index in [-0.39, 0.29) is 5.69 Å². The summed E-state index contributed by atoms with van der Waals surface area (Å²) in [4.78, 5) is 10.9. The van der Waals surface area contributed by atoms with Gasteiger partial charge in [0.25, 0.3) is 5.69 Å². The van der Waals surface area contributed by atoms with Crippen molar-refractivity contribution in [1.29, 1.82) is 0 Å². The fourth-order valence-corrected chi connectivity index (χ4v) is 4.12. The summed E-state index contributed by atoms with van der Waals surface area (Å²) in [5.41, 5.74) is 0.261. The largest absolute Gasteiger partial charge is 0.269 e. The lowest BCUT2D eigenvalue weighted by Gasteiger charge is -2.15. The highest BCUT2D eigenvalue weighted by molar-refractivity contribution is 8.76. The Bertz CT molecular complexity index is 438. The van der Waals surface area contributed by atoms with E-state index in [9.17, 15) is 10.1 Å². The van der Waals surface area contributed by atoms with Gasteiger partial charge in [0.05, 0.1) is 4.92 Å². The third-order valence-corrected chi connectivity index (χ3v) is 5.15. The van der Waals surface area contributed by atoms with Crippen LogP contribution in [0.15, 0.2) is 23.1 Å². The molecular weight excluding hydrogens is 337 g/mol. The molecule has 0 heterocycles. The summed E-state index contributed by atoms with van der Waals surface area (Å²) in [5.74, 6) is 0.959. The first-order chi connectivity index (χ1) is 8.36. The third kappa shape index (κ3) is 4.70. The Balaban J connectivity index is 3.05. The molecule has 18 heavy (non-hydrogen) atoms. The highest BCUT2D eigenvalue weighted by atomic mass is 35.6. The molecule has 0 aliphatic carbocycles. The number of non-ortho nitro benzene ring substituents is 1. The Morgan fingerprint density at radius 2 is 2.06 bits per heavy atom. The molecule has 0 bridgehead atoms. The van der Waals surface area contributed by atoms with Crippen LogP contribution in [0.4, 0.5) is 5.69 Å². The minimum absolute atomic E-state index is 0.0823. The Morgan fingerprint density at radius 1 is 1.39 bits per heavy atom. The lowest BCUT2D eigenvalue weighted by Crippen LogP contribution is -2.03. The van der Waals surface area contributed by atoms with E-state index < -0.39 is 8.72 Å². The number of alkyl halides is 3. The quantitative estimate of drug-likeness (QED) is 0.230. The summed E-state index contributed by atoms with van der Waals surface area (Å²) >= 11 is 17.5. The van der Waals surface area contributed by atoms with E-state index in [0.717, 1.165) is 17.1 Å². The number of nitro groups is 1. The van der Waals surface area contributed by atoms with E-state index >= 15 is 0 Å². The second kappa shape index (κ2) is 7.10. The van der Waals surface area contributed by atoms with Gasteiger partial charge in [0.2, 0.25) is 3.79 Å². The summed E-state index contributed by atoms with van der Waals surface area (Å²) in [6.45, 7) is 2.07. The molecule has 0 saturated carbocycles. The van der Waals surface area contributed by atoms with Crippen molar-refractivity contribution in [3.8, 4) is 0 Å². The van der Waals surface area contributed by atoms with Crippen LogP contribution in [0.2, 0.25) is 0 Å². The maximum atomic E-state index is 10.7. The molecule has 1 aromatic rings. The molecule has 8 heteroatoms. The van der Waals surface area contributed by atoms with Crippen molar-refractivity contribution in [1.82, 2.24) is 0 Å². The number of rotatable bonds is 5. The molecule has 0 aliphatic heterocycles. The standard InChI is InChI=1S/C10H10Cl3NO2S2/c1-2-5-17-18-9-4-3-7(14(15)16)6-8(9)10(11,12)13/h3-4,6H,2,5H2,1H3. The van der Waals surface area contributed by atoms with E-state index in [1.165, 1.54) is 22.9 Å². The Hall–Kier alpha value is 0.190. The zero-order chi connectivity index (χ0) is 13.8. The molecule has 0 atom stereocenters. The van der Waals surface area contributed by atoms with Gasteiger partial charge in [-0.15, -0.1) is 0 Å². The lowest BCUT2D eigenvalue weighted by molar-refractivity contribution is -0.385. The number of benzene rings is 1. The first kappa shape index (κ1) is 16.2. The third-order valence-electron chi connectivity index (χ3n) is 1.92. The molecule has 0 unspecified atom stereocenters. The maximum Gasteiger partial charge on any atom is 0.269 e. The number of hydrogen-bond donors (Lipinski definition) is 0. The van der Waals surface area contributed by atoms with Gasteiger partial charge in [-0.3, -0.25) is 10.1 Å². The summed E-state index contributed by atoms with van der Waals surface area (Å²) in [5, 5.41) is 10.7. The first-order valence-corrected chi connectivity index (χ1v) is 8.46. The average Bonchev–Trinajstić information content (AvgIpc) is 2.28. The fourth-order valence-electron chi connectivity index (χ4n) is 1.11. The Labute approximate surface area is 128 Å².